The molecule has 0 radical (unpaired) electrons. The number of nitrogens with zero attached hydrogens (tertiary/aromatic N) is 1. The largest absolute Gasteiger partial charge is 0.378 e. The van der Waals surface area contributed by atoms with Gasteiger partial charge in [0.15, 0.2) is 0 Å². The number of hydrogen-bond donors (Lipinski definition) is 2. The van der Waals surface area contributed by atoms with Crippen LogP contribution in [0.4, 0.5) is 4.39 Å². The van der Waals surface area contributed by atoms with E-state index in [4.69, 9.17) is 19.9 Å². The molecule has 2 aromatic carbocycles. The minimum Gasteiger partial charge on any atom is -0.378 e. The van der Waals surface area contributed by atoms with Gasteiger partial charge in [-0.05, 0) is 25.0 Å². The second kappa shape index (κ2) is 16.3. The van der Waals surface area contributed by atoms with Crippen molar-refractivity contribution in [1.29, 1.82) is 0 Å². The molecule has 1 unspecified atom stereocenters. The highest BCUT2D eigenvalue weighted by molar-refractivity contribution is 5.77. The smallest absolute Gasteiger partial charge is 0.246 e. The van der Waals surface area contributed by atoms with E-state index in [2.05, 4.69) is 10.2 Å². The van der Waals surface area contributed by atoms with Crippen LogP contribution >= 0.6 is 0 Å². The Kier molecular flexibility index (Phi) is 13.5. The van der Waals surface area contributed by atoms with E-state index in [1.807, 2.05) is 60.7 Å². The zero-order chi connectivity index (χ0) is 25.4. The van der Waals surface area contributed by atoms with E-state index >= 15 is 4.39 Å². The summed E-state index contributed by atoms with van der Waals surface area (Å²) in [5.41, 5.74) is 6.44. The zero-order valence-electron chi connectivity index (χ0n) is 21.0. The number of carbonyl (C=O) groups excluding carboxylic acids is 1. The van der Waals surface area contributed by atoms with Crippen molar-refractivity contribution in [2.75, 3.05) is 52.7 Å². The van der Waals surface area contributed by atoms with Crippen molar-refractivity contribution in [1.82, 2.24) is 10.2 Å². The quantitative estimate of drug-likeness (QED) is 0.313. The molecule has 2 rings (SSSR count). The summed E-state index contributed by atoms with van der Waals surface area (Å²) in [4.78, 5) is 14.2. The summed E-state index contributed by atoms with van der Waals surface area (Å²) in [5.74, 6) is -0.307. The molecular weight excluding hydrogens is 449 g/mol. The maximum atomic E-state index is 15.4. The summed E-state index contributed by atoms with van der Waals surface area (Å²) >= 11 is 0. The SMILES string of the molecule is CC(C)(OCC(=O)NCCOCCOCCN)C(F)CN(Cc1ccccc1)Cc1ccccc1. The molecule has 0 heterocycles. The van der Waals surface area contributed by atoms with Gasteiger partial charge in [-0.25, -0.2) is 4.39 Å². The number of ether oxygens (including phenoxy) is 3. The fourth-order valence-electron chi connectivity index (χ4n) is 3.38. The van der Waals surface area contributed by atoms with Crippen molar-refractivity contribution < 1.29 is 23.4 Å². The van der Waals surface area contributed by atoms with Gasteiger partial charge < -0.3 is 25.3 Å². The molecular formula is C27H40FN3O4. The molecule has 0 fully saturated rings. The highest BCUT2D eigenvalue weighted by Crippen LogP contribution is 2.21. The van der Waals surface area contributed by atoms with Crippen molar-refractivity contribution >= 4 is 5.91 Å². The fraction of sp³-hybridized carbons (Fsp3) is 0.519. The molecule has 8 heteroatoms. The first kappa shape index (κ1) is 28.9. The molecule has 2 aromatic rings. The van der Waals surface area contributed by atoms with Crippen molar-refractivity contribution in [3.8, 4) is 0 Å². The van der Waals surface area contributed by atoms with Gasteiger partial charge >= 0.3 is 0 Å². The number of nitrogens with two attached hydrogens (primary N) is 1. The zero-order valence-corrected chi connectivity index (χ0v) is 21.0. The fourth-order valence-corrected chi connectivity index (χ4v) is 3.38. The van der Waals surface area contributed by atoms with E-state index in [1.165, 1.54) is 0 Å². The minimum atomic E-state index is -1.29. The standard InChI is InChI=1S/C27H40FN3O4/c1-27(2,35-22-26(32)30-14-16-34-18-17-33-15-13-29)25(28)21-31(19-23-9-5-3-6-10-23)20-24-11-7-4-8-12-24/h3-12,25H,13-22,29H2,1-2H3,(H,30,32). The van der Waals surface area contributed by atoms with E-state index < -0.39 is 11.8 Å². The third kappa shape index (κ3) is 12.2. The molecule has 7 nitrogen and oxygen atoms in total. The van der Waals surface area contributed by atoms with Crippen molar-refractivity contribution in [3.05, 3.63) is 71.8 Å². The lowest BCUT2D eigenvalue weighted by molar-refractivity contribution is -0.137. The van der Waals surface area contributed by atoms with Crippen molar-refractivity contribution in [2.24, 2.45) is 5.73 Å². The second-order valence-electron chi connectivity index (χ2n) is 8.86. The molecule has 0 bridgehead atoms. The lowest BCUT2D eigenvalue weighted by Crippen LogP contribution is -2.45. The van der Waals surface area contributed by atoms with Crippen LogP contribution in [-0.2, 0) is 32.1 Å². The predicted octanol–water partition coefficient (Wildman–Crippen LogP) is 2.93. The average Bonchev–Trinajstić information content (AvgIpc) is 2.85. The Bertz CT molecular complexity index is 782. The van der Waals surface area contributed by atoms with Crippen LogP contribution in [-0.4, -0.2) is 75.2 Å². The summed E-state index contributed by atoms with van der Waals surface area (Å²) in [6, 6.07) is 20.0. The van der Waals surface area contributed by atoms with E-state index in [1.54, 1.807) is 13.8 Å². The number of halogens is 1. The monoisotopic (exact) mass is 489 g/mol. The summed E-state index contributed by atoms with van der Waals surface area (Å²) in [5, 5.41) is 2.72. The highest BCUT2D eigenvalue weighted by Gasteiger charge is 2.33. The molecule has 1 atom stereocenters. The van der Waals surface area contributed by atoms with Crippen LogP contribution in [0.1, 0.15) is 25.0 Å². The third-order valence-electron chi connectivity index (χ3n) is 5.45. The molecule has 3 N–H and O–H groups in total. The van der Waals surface area contributed by atoms with Gasteiger partial charge in [-0.1, -0.05) is 60.7 Å². The number of hydrogen-bond acceptors (Lipinski definition) is 6. The average molecular weight is 490 g/mol. The van der Waals surface area contributed by atoms with Gasteiger partial charge in [0.1, 0.15) is 12.8 Å². The Morgan fingerprint density at radius 3 is 2.03 bits per heavy atom. The Hall–Kier alpha value is -2.36. The lowest BCUT2D eigenvalue weighted by Gasteiger charge is -2.33. The molecule has 0 aliphatic carbocycles. The molecule has 0 aliphatic rings. The molecule has 1 amide bonds. The lowest BCUT2D eigenvalue weighted by atomic mass is 10.0. The van der Waals surface area contributed by atoms with Crippen LogP contribution in [0.25, 0.3) is 0 Å². The molecule has 194 valence electrons. The normalized spacial score (nSPS) is 12.6. The minimum absolute atomic E-state index is 0.179. The number of rotatable bonds is 18. The van der Waals surface area contributed by atoms with Gasteiger partial charge in [-0.15, -0.1) is 0 Å². The Morgan fingerprint density at radius 2 is 1.49 bits per heavy atom. The topological polar surface area (TPSA) is 86.0 Å². The van der Waals surface area contributed by atoms with Crippen LogP contribution in [0.15, 0.2) is 60.7 Å². The Morgan fingerprint density at radius 1 is 0.943 bits per heavy atom. The number of benzene rings is 2. The maximum absolute atomic E-state index is 15.4. The third-order valence-corrected chi connectivity index (χ3v) is 5.45. The molecule has 35 heavy (non-hydrogen) atoms. The highest BCUT2D eigenvalue weighted by atomic mass is 19.1. The van der Waals surface area contributed by atoms with Crippen LogP contribution in [0.5, 0.6) is 0 Å². The number of amides is 1. The number of alkyl halides is 1. The first-order chi connectivity index (χ1) is 16.9. The van der Waals surface area contributed by atoms with Gasteiger partial charge in [0.05, 0.1) is 32.0 Å². The van der Waals surface area contributed by atoms with E-state index in [0.29, 0.717) is 52.6 Å². The van der Waals surface area contributed by atoms with Crippen LogP contribution < -0.4 is 11.1 Å². The Balaban J connectivity index is 1.78. The molecule has 0 spiro atoms. The first-order valence-electron chi connectivity index (χ1n) is 12.1. The van der Waals surface area contributed by atoms with Crippen molar-refractivity contribution in [3.63, 3.8) is 0 Å². The van der Waals surface area contributed by atoms with Crippen LogP contribution in [0.2, 0.25) is 0 Å². The van der Waals surface area contributed by atoms with Crippen LogP contribution in [0.3, 0.4) is 0 Å². The molecule has 0 saturated carbocycles. The van der Waals surface area contributed by atoms with Gasteiger partial charge in [0.2, 0.25) is 5.91 Å². The summed E-state index contributed by atoms with van der Waals surface area (Å²) in [7, 11) is 0. The molecule has 0 saturated heterocycles. The molecule has 0 aromatic heterocycles. The van der Waals surface area contributed by atoms with Crippen LogP contribution in [0, 0.1) is 0 Å². The summed E-state index contributed by atoms with van der Waals surface area (Å²) < 4.78 is 31.7. The number of nitrogens with one attached hydrogen (secondary N) is 1. The van der Waals surface area contributed by atoms with Crippen molar-refractivity contribution in [2.45, 2.75) is 38.7 Å². The van der Waals surface area contributed by atoms with Gasteiger partial charge in [-0.2, -0.15) is 0 Å². The van der Waals surface area contributed by atoms with E-state index in [9.17, 15) is 4.79 Å². The number of carbonyl (C=O) groups is 1. The van der Waals surface area contributed by atoms with Gasteiger partial charge in [0.25, 0.3) is 0 Å². The first-order valence-corrected chi connectivity index (χ1v) is 12.1. The van der Waals surface area contributed by atoms with Gasteiger partial charge in [0, 0.05) is 32.7 Å². The molecule has 0 aliphatic heterocycles. The van der Waals surface area contributed by atoms with Gasteiger partial charge in [-0.3, -0.25) is 9.69 Å². The Labute approximate surface area is 208 Å². The second-order valence-corrected chi connectivity index (χ2v) is 8.86. The summed E-state index contributed by atoms with van der Waals surface area (Å²) in [6.07, 6.45) is -1.29. The summed E-state index contributed by atoms with van der Waals surface area (Å²) in [6.45, 7) is 7.13. The van der Waals surface area contributed by atoms with E-state index in [0.717, 1.165) is 11.1 Å². The maximum Gasteiger partial charge on any atom is 0.246 e. The van der Waals surface area contributed by atoms with E-state index in [-0.39, 0.29) is 19.1 Å². The predicted molar refractivity (Wildman–Crippen MR) is 136 cm³/mol.